The number of carbonyl (C=O) groups is 1. The first-order valence-corrected chi connectivity index (χ1v) is 5.96. The van der Waals surface area contributed by atoms with Gasteiger partial charge in [0.25, 0.3) is 0 Å². The van der Waals surface area contributed by atoms with Gasteiger partial charge in [-0.15, -0.1) is 0 Å². The SMILES string of the molecule is N#Cc1ccc(Oc2ccc(Br)cc2C(=O)O)nc1. The number of carboxylic acids is 1. The normalized spacial score (nSPS) is 9.68. The van der Waals surface area contributed by atoms with Crippen LogP contribution >= 0.6 is 15.9 Å². The van der Waals surface area contributed by atoms with Crippen molar-refractivity contribution in [2.75, 3.05) is 0 Å². The molecule has 1 N–H and O–H groups in total. The summed E-state index contributed by atoms with van der Waals surface area (Å²) in [4.78, 5) is 15.0. The molecule has 0 aliphatic heterocycles. The van der Waals surface area contributed by atoms with Crippen molar-refractivity contribution >= 4 is 21.9 Å². The van der Waals surface area contributed by atoms with Gasteiger partial charge in [0.05, 0.1) is 5.56 Å². The Labute approximate surface area is 117 Å². The average molecular weight is 319 g/mol. The number of pyridine rings is 1. The van der Waals surface area contributed by atoms with E-state index in [9.17, 15) is 4.79 Å². The predicted octanol–water partition coefficient (Wildman–Crippen LogP) is 3.21. The van der Waals surface area contributed by atoms with Gasteiger partial charge in [-0.05, 0) is 24.3 Å². The molecule has 0 bridgehead atoms. The van der Waals surface area contributed by atoms with Gasteiger partial charge < -0.3 is 9.84 Å². The smallest absolute Gasteiger partial charge is 0.339 e. The molecule has 0 aliphatic rings. The molecule has 0 saturated carbocycles. The van der Waals surface area contributed by atoms with Gasteiger partial charge in [0.1, 0.15) is 17.4 Å². The Morgan fingerprint density at radius 1 is 1.37 bits per heavy atom. The molecule has 1 aromatic heterocycles. The van der Waals surface area contributed by atoms with Gasteiger partial charge in [-0.3, -0.25) is 0 Å². The summed E-state index contributed by atoms with van der Waals surface area (Å²) < 4.78 is 6.05. The van der Waals surface area contributed by atoms with Crippen LogP contribution in [0.25, 0.3) is 0 Å². The standard InChI is InChI=1S/C13H7BrN2O3/c14-9-2-3-11(10(5-9)13(17)18)19-12-4-1-8(6-15)7-16-12/h1-5,7H,(H,17,18). The second-order valence-electron chi connectivity index (χ2n) is 3.54. The summed E-state index contributed by atoms with van der Waals surface area (Å²) in [6, 6.07) is 9.64. The molecule has 6 heteroatoms. The van der Waals surface area contributed by atoms with E-state index in [0.717, 1.165) is 0 Å². The Balaban J connectivity index is 2.32. The largest absolute Gasteiger partial charge is 0.478 e. The van der Waals surface area contributed by atoms with E-state index >= 15 is 0 Å². The van der Waals surface area contributed by atoms with E-state index < -0.39 is 5.97 Å². The summed E-state index contributed by atoms with van der Waals surface area (Å²) in [7, 11) is 0. The molecule has 0 spiro atoms. The summed E-state index contributed by atoms with van der Waals surface area (Å²) in [6.07, 6.45) is 1.36. The summed E-state index contributed by atoms with van der Waals surface area (Å²) >= 11 is 3.20. The van der Waals surface area contributed by atoms with E-state index in [4.69, 9.17) is 15.1 Å². The molecular formula is C13H7BrN2O3. The second-order valence-corrected chi connectivity index (χ2v) is 4.46. The molecule has 2 rings (SSSR count). The Bertz CT molecular complexity index is 663. The number of nitriles is 1. The molecule has 94 valence electrons. The highest BCUT2D eigenvalue weighted by Gasteiger charge is 2.13. The van der Waals surface area contributed by atoms with Crippen LogP contribution in [0.15, 0.2) is 41.0 Å². The fraction of sp³-hybridized carbons (Fsp3) is 0. The first-order valence-electron chi connectivity index (χ1n) is 5.17. The molecule has 0 fully saturated rings. The lowest BCUT2D eigenvalue weighted by Crippen LogP contribution is -2.00. The van der Waals surface area contributed by atoms with Crippen molar-refractivity contribution in [2.24, 2.45) is 0 Å². The highest BCUT2D eigenvalue weighted by molar-refractivity contribution is 9.10. The highest BCUT2D eigenvalue weighted by atomic mass is 79.9. The Morgan fingerprint density at radius 3 is 2.74 bits per heavy atom. The minimum absolute atomic E-state index is 0.0283. The van der Waals surface area contributed by atoms with Gasteiger partial charge in [-0.25, -0.2) is 9.78 Å². The average Bonchev–Trinajstić information content (AvgIpc) is 2.41. The quantitative estimate of drug-likeness (QED) is 0.939. The maximum Gasteiger partial charge on any atom is 0.339 e. The number of rotatable bonds is 3. The van der Waals surface area contributed by atoms with Crippen molar-refractivity contribution in [1.82, 2.24) is 4.98 Å². The Morgan fingerprint density at radius 2 is 2.16 bits per heavy atom. The lowest BCUT2D eigenvalue weighted by molar-refractivity contribution is 0.0694. The number of benzene rings is 1. The molecule has 0 aliphatic carbocycles. The topological polar surface area (TPSA) is 83.2 Å². The summed E-state index contributed by atoms with van der Waals surface area (Å²) in [6.45, 7) is 0. The maximum atomic E-state index is 11.1. The number of carboxylic acid groups (broad SMARTS) is 1. The van der Waals surface area contributed by atoms with Gasteiger partial charge in [0, 0.05) is 16.7 Å². The second kappa shape index (κ2) is 5.50. The van der Waals surface area contributed by atoms with Gasteiger partial charge in [-0.2, -0.15) is 5.26 Å². The third kappa shape index (κ3) is 3.09. The molecule has 0 radical (unpaired) electrons. The lowest BCUT2D eigenvalue weighted by Gasteiger charge is -2.08. The van der Waals surface area contributed by atoms with Crippen molar-refractivity contribution in [2.45, 2.75) is 0 Å². The molecule has 19 heavy (non-hydrogen) atoms. The van der Waals surface area contributed by atoms with Crippen molar-refractivity contribution in [3.63, 3.8) is 0 Å². The molecule has 0 atom stereocenters. The van der Waals surface area contributed by atoms with Crippen LogP contribution in [0.3, 0.4) is 0 Å². The number of aromatic nitrogens is 1. The number of nitrogens with zero attached hydrogens (tertiary/aromatic N) is 2. The van der Waals surface area contributed by atoms with Crippen LogP contribution in [-0.4, -0.2) is 16.1 Å². The Kier molecular flexibility index (Phi) is 3.78. The van der Waals surface area contributed by atoms with Gasteiger partial charge in [-0.1, -0.05) is 15.9 Å². The zero-order chi connectivity index (χ0) is 13.8. The van der Waals surface area contributed by atoms with Crippen LogP contribution in [-0.2, 0) is 0 Å². The number of halogens is 1. The first kappa shape index (κ1) is 13.1. The van der Waals surface area contributed by atoms with Crippen molar-refractivity contribution in [3.05, 3.63) is 52.1 Å². The van der Waals surface area contributed by atoms with Gasteiger partial charge in [0.15, 0.2) is 0 Å². The molecule has 0 saturated heterocycles. The molecule has 0 unspecified atom stereocenters. The lowest BCUT2D eigenvalue weighted by atomic mass is 10.2. The van der Waals surface area contributed by atoms with Gasteiger partial charge in [0.2, 0.25) is 5.88 Å². The molecular weight excluding hydrogens is 312 g/mol. The minimum atomic E-state index is -1.09. The third-order valence-electron chi connectivity index (χ3n) is 2.25. The van der Waals surface area contributed by atoms with Crippen LogP contribution in [0.2, 0.25) is 0 Å². The zero-order valence-electron chi connectivity index (χ0n) is 9.50. The molecule has 1 heterocycles. The maximum absolute atomic E-state index is 11.1. The molecule has 2 aromatic rings. The van der Waals surface area contributed by atoms with Crippen LogP contribution < -0.4 is 4.74 Å². The predicted molar refractivity (Wildman–Crippen MR) is 70.1 cm³/mol. The summed E-state index contributed by atoms with van der Waals surface area (Å²) in [5.74, 6) is -0.679. The van der Waals surface area contributed by atoms with E-state index in [1.165, 1.54) is 24.4 Å². The zero-order valence-corrected chi connectivity index (χ0v) is 11.1. The van der Waals surface area contributed by atoms with E-state index in [1.54, 1.807) is 12.1 Å². The number of ether oxygens (including phenoxy) is 1. The molecule has 5 nitrogen and oxygen atoms in total. The Hall–Kier alpha value is -2.39. The van der Waals surface area contributed by atoms with E-state index in [2.05, 4.69) is 20.9 Å². The third-order valence-corrected chi connectivity index (χ3v) is 2.75. The molecule has 1 aromatic carbocycles. The number of aromatic carboxylic acids is 1. The van der Waals surface area contributed by atoms with Crippen LogP contribution in [0, 0.1) is 11.3 Å². The fourth-order valence-corrected chi connectivity index (χ4v) is 1.74. The van der Waals surface area contributed by atoms with Crippen molar-refractivity contribution in [1.29, 1.82) is 5.26 Å². The highest BCUT2D eigenvalue weighted by Crippen LogP contribution is 2.27. The summed E-state index contributed by atoms with van der Waals surface area (Å²) in [5.41, 5.74) is 0.433. The van der Waals surface area contributed by atoms with E-state index in [1.807, 2.05) is 6.07 Å². The number of hydrogen-bond acceptors (Lipinski definition) is 4. The fourth-order valence-electron chi connectivity index (χ4n) is 1.38. The van der Waals surface area contributed by atoms with Gasteiger partial charge >= 0.3 is 5.97 Å². The first-order chi connectivity index (χ1) is 9.10. The van der Waals surface area contributed by atoms with Crippen LogP contribution in [0.4, 0.5) is 0 Å². The van der Waals surface area contributed by atoms with Crippen molar-refractivity contribution in [3.8, 4) is 17.7 Å². The minimum Gasteiger partial charge on any atom is -0.478 e. The van der Waals surface area contributed by atoms with E-state index in [0.29, 0.717) is 10.0 Å². The van der Waals surface area contributed by atoms with Crippen molar-refractivity contribution < 1.29 is 14.6 Å². The monoisotopic (exact) mass is 318 g/mol. The number of hydrogen-bond donors (Lipinski definition) is 1. The molecule has 0 amide bonds. The van der Waals surface area contributed by atoms with Crippen LogP contribution in [0.5, 0.6) is 11.6 Å². The van der Waals surface area contributed by atoms with Crippen LogP contribution in [0.1, 0.15) is 15.9 Å². The summed E-state index contributed by atoms with van der Waals surface area (Å²) in [5, 5.41) is 17.7. The van der Waals surface area contributed by atoms with E-state index in [-0.39, 0.29) is 17.2 Å².